The number of amides is 2. The quantitative estimate of drug-likeness (QED) is 0.269. The molecule has 0 aliphatic rings. The summed E-state index contributed by atoms with van der Waals surface area (Å²) >= 11 is 0. The van der Waals surface area contributed by atoms with Crippen molar-refractivity contribution in [2.45, 2.75) is 6.42 Å². The van der Waals surface area contributed by atoms with Gasteiger partial charge in [-0.1, -0.05) is 24.3 Å². The van der Waals surface area contributed by atoms with E-state index in [1.807, 2.05) is 30.3 Å². The lowest BCUT2D eigenvalue weighted by atomic mass is 10.1. The number of fused-ring (bicyclic) bond motifs is 1. The Morgan fingerprint density at radius 3 is 2.68 bits per heavy atom. The van der Waals surface area contributed by atoms with Gasteiger partial charge in [-0.05, 0) is 58.5 Å². The van der Waals surface area contributed by atoms with Crippen molar-refractivity contribution in [3.63, 3.8) is 0 Å². The minimum atomic E-state index is -0.414. The SMILES string of the molecule is COc1cccc(CC(=O)Nc2cccc3cc(C(=O)Nc4ccc(C#N)cc4-c4nnn[nH]4)[nH]c23)c1. The van der Waals surface area contributed by atoms with Crippen molar-refractivity contribution >= 4 is 34.1 Å². The zero-order chi connectivity index (χ0) is 25.8. The van der Waals surface area contributed by atoms with Crippen LogP contribution >= 0.6 is 0 Å². The van der Waals surface area contributed by atoms with Gasteiger partial charge in [0.25, 0.3) is 5.91 Å². The third-order valence-electron chi connectivity index (χ3n) is 5.67. The third kappa shape index (κ3) is 4.98. The Morgan fingerprint density at radius 1 is 1.03 bits per heavy atom. The number of nitrogens with zero attached hydrogens (tertiary/aromatic N) is 4. The van der Waals surface area contributed by atoms with Crippen molar-refractivity contribution in [1.82, 2.24) is 25.6 Å². The highest BCUT2D eigenvalue weighted by molar-refractivity contribution is 6.09. The number of hydrogen-bond donors (Lipinski definition) is 4. The van der Waals surface area contributed by atoms with Crippen molar-refractivity contribution < 1.29 is 14.3 Å². The van der Waals surface area contributed by atoms with Gasteiger partial charge >= 0.3 is 0 Å². The molecule has 182 valence electrons. The second kappa shape index (κ2) is 10.0. The monoisotopic (exact) mass is 492 g/mol. The molecule has 0 unspecified atom stereocenters. The van der Waals surface area contributed by atoms with E-state index in [1.165, 1.54) is 0 Å². The van der Waals surface area contributed by atoms with Crippen LogP contribution < -0.4 is 15.4 Å². The van der Waals surface area contributed by atoms with Gasteiger partial charge in [-0.15, -0.1) is 5.10 Å². The molecular formula is C26H20N8O3. The molecule has 5 rings (SSSR count). The van der Waals surface area contributed by atoms with E-state index in [9.17, 15) is 14.9 Å². The van der Waals surface area contributed by atoms with E-state index in [2.05, 4.69) is 42.3 Å². The van der Waals surface area contributed by atoms with Crippen LogP contribution in [0.5, 0.6) is 5.75 Å². The van der Waals surface area contributed by atoms with Crippen LogP contribution in [-0.4, -0.2) is 44.5 Å². The maximum Gasteiger partial charge on any atom is 0.272 e. The highest BCUT2D eigenvalue weighted by Gasteiger charge is 2.17. The van der Waals surface area contributed by atoms with E-state index in [0.717, 1.165) is 10.9 Å². The number of rotatable bonds is 7. The Bertz CT molecular complexity index is 1650. The Kier molecular flexibility index (Phi) is 6.29. The van der Waals surface area contributed by atoms with Gasteiger partial charge in [0.15, 0.2) is 5.82 Å². The lowest BCUT2D eigenvalue weighted by Gasteiger charge is -2.09. The normalized spacial score (nSPS) is 10.6. The molecule has 37 heavy (non-hydrogen) atoms. The van der Waals surface area contributed by atoms with E-state index >= 15 is 0 Å². The van der Waals surface area contributed by atoms with Crippen LogP contribution in [0.3, 0.4) is 0 Å². The molecule has 2 amide bonds. The molecule has 2 aromatic heterocycles. The predicted octanol–water partition coefficient (Wildman–Crippen LogP) is 3.66. The number of hydrogen-bond acceptors (Lipinski definition) is 7. The van der Waals surface area contributed by atoms with E-state index in [4.69, 9.17) is 4.74 Å². The van der Waals surface area contributed by atoms with Gasteiger partial charge in [-0.2, -0.15) is 5.26 Å². The predicted molar refractivity (Wildman–Crippen MR) is 136 cm³/mol. The van der Waals surface area contributed by atoms with Gasteiger partial charge in [0.2, 0.25) is 5.91 Å². The lowest BCUT2D eigenvalue weighted by molar-refractivity contribution is -0.115. The fourth-order valence-corrected chi connectivity index (χ4v) is 3.93. The number of carbonyl (C=O) groups is 2. The highest BCUT2D eigenvalue weighted by Crippen LogP contribution is 2.28. The number of aromatic amines is 2. The molecule has 0 bridgehead atoms. The minimum absolute atomic E-state index is 0.166. The summed E-state index contributed by atoms with van der Waals surface area (Å²) < 4.78 is 5.22. The van der Waals surface area contributed by atoms with Gasteiger partial charge in [0.1, 0.15) is 11.4 Å². The Morgan fingerprint density at radius 2 is 1.89 bits per heavy atom. The fourth-order valence-electron chi connectivity index (χ4n) is 3.93. The van der Waals surface area contributed by atoms with Gasteiger partial charge < -0.3 is 20.4 Å². The number of anilines is 2. The molecule has 11 heteroatoms. The summed E-state index contributed by atoms with van der Waals surface area (Å²) in [5.41, 5.74) is 3.56. The van der Waals surface area contributed by atoms with Crippen LogP contribution in [0.1, 0.15) is 21.6 Å². The molecule has 0 fully saturated rings. The van der Waals surface area contributed by atoms with Gasteiger partial charge in [-0.25, -0.2) is 5.10 Å². The maximum atomic E-state index is 13.1. The van der Waals surface area contributed by atoms with Crippen molar-refractivity contribution in [3.8, 4) is 23.2 Å². The second-order valence-corrected chi connectivity index (χ2v) is 8.11. The first-order valence-corrected chi connectivity index (χ1v) is 11.2. The number of aromatic nitrogens is 5. The molecule has 2 heterocycles. The van der Waals surface area contributed by atoms with Crippen LogP contribution in [0.4, 0.5) is 11.4 Å². The third-order valence-corrected chi connectivity index (χ3v) is 5.67. The number of nitrogens with one attached hydrogen (secondary N) is 4. The molecule has 4 N–H and O–H groups in total. The molecule has 3 aromatic carbocycles. The van der Waals surface area contributed by atoms with E-state index in [-0.39, 0.29) is 18.0 Å². The van der Waals surface area contributed by atoms with E-state index in [1.54, 1.807) is 43.5 Å². The minimum Gasteiger partial charge on any atom is -0.497 e. The Balaban J connectivity index is 1.37. The zero-order valence-corrected chi connectivity index (χ0v) is 19.6. The first kappa shape index (κ1) is 23.3. The summed E-state index contributed by atoms with van der Waals surface area (Å²) in [5, 5.41) is 29.4. The van der Waals surface area contributed by atoms with E-state index < -0.39 is 5.91 Å². The summed E-state index contributed by atoms with van der Waals surface area (Å²) in [7, 11) is 1.58. The Labute approximate surface area is 210 Å². The summed E-state index contributed by atoms with van der Waals surface area (Å²) in [6, 6.07) is 21.3. The van der Waals surface area contributed by atoms with Gasteiger partial charge in [-0.3, -0.25) is 9.59 Å². The van der Waals surface area contributed by atoms with Crippen LogP contribution in [0.25, 0.3) is 22.3 Å². The van der Waals surface area contributed by atoms with Crippen molar-refractivity contribution in [1.29, 1.82) is 5.26 Å². The number of H-pyrrole nitrogens is 2. The summed E-state index contributed by atoms with van der Waals surface area (Å²) in [6.45, 7) is 0. The van der Waals surface area contributed by atoms with Crippen LogP contribution in [0, 0.1) is 11.3 Å². The largest absolute Gasteiger partial charge is 0.497 e. The number of tetrazole rings is 1. The molecule has 0 saturated heterocycles. The molecular weight excluding hydrogens is 472 g/mol. The molecule has 0 radical (unpaired) electrons. The number of para-hydroxylation sites is 1. The topological polar surface area (TPSA) is 161 Å². The zero-order valence-electron chi connectivity index (χ0n) is 19.6. The maximum absolute atomic E-state index is 13.1. The first-order chi connectivity index (χ1) is 18.0. The van der Waals surface area contributed by atoms with Crippen molar-refractivity contribution in [3.05, 3.63) is 83.6 Å². The molecule has 0 saturated carbocycles. The second-order valence-electron chi connectivity index (χ2n) is 8.11. The average Bonchev–Trinajstić information content (AvgIpc) is 3.60. The van der Waals surface area contributed by atoms with Crippen molar-refractivity contribution in [2.24, 2.45) is 0 Å². The smallest absolute Gasteiger partial charge is 0.272 e. The summed E-state index contributed by atoms with van der Waals surface area (Å²) in [4.78, 5) is 29.0. The first-order valence-electron chi connectivity index (χ1n) is 11.2. The molecule has 0 spiro atoms. The van der Waals surface area contributed by atoms with Crippen molar-refractivity contribution in [2.75, 3.05) is 17.7 Å². The van der Waals surface area contributed by atoms with Gasteiger partial charge in [0, 0.05) is 10.9 Å². The number of methoxy groups -OCH3 is 1. The number of carbonyl (C=O) groups excluding carboxylic acids is 2. The fraction of sp³-hybridized carbons (Fsp3) is 0.0769. The van der Waals surface area contributed by atoms with E-state index in [0.29, 0.717) is 39.6 Å². The van der Waals surface area contributed by atoms with Crippen LogP contribution in [0.15, 0.2) is 66.7 Å². The molecule has 5 aromatic rings. The highest BCUT2D eigenvalue weighted by atomic mass is 16.5. The van der Waals surface area contributed by atoms with Gasteiger partial charge in [0.05, 0.1) is 42.1 Å². The summed E-state index contributed by atoms with van der Waals surface area (Å²) in [6.07, 6.45) is 0.166. The molecule has 0 aliphatic heterocycles. The van der Waals surface area contributed by atoms with Crippen LogP contribution in [0.2, 0.25) is 0 Å². The molecule has 0 atom stereocenters. The number of benzene rings is 3. The number of ether oxygens (including phenoxy) is 1. The average molecular weight is 492 g/mol. The Hall–Kier alpha value is -5.50. The standard InChI is InChI=1S/C26H20N8O3/c1-37-18-6-2-4-15(10-18)12-23(35)28-21-7-3-5-17-13-22(29-24(17)21)26(36)30-20-9-8-16(14-27)11-19(20)25-31-33-34-32-25/h2-11,13,29H,12H2,1H3,(H,28,35)(H,30,36)(H,31,32,33,34). The number of nitriles is 1. The summed E-state index contributed by atoms with van der Waals surface area (Å²) in [5.74, 6) is 0.370. The molecule has 11 nitrogen and oxygen atoms in total. The lowest BCUT2D eigenvalue weighted by Crippen LogP contribution is -2.15. The van der Waals surface area contributed by atoms with Crippen LogP contribution in [-0.2, 0) is 11.2 Å². The molecule has 0 aliphatic carbocycles.